The Morgan fingerprint density at radius 1 is 1.31 bits per heavy atom. The number of ether oxygens (including phenoxy) is 1. The summed E-state index contributed by atoms with van der Waals surface area (Å²) in [7, 11) is 1.91. The highest BCUT2D eigenvalue weighted by molar-refractivity contribution is 5.82. The smallest absolute Gasteiger partial charge is 0.241 e. The van der Waals surface area contributed by atoms with Crippen LogP contribution in [-0.4, -0.2) is 62.8 Å². The van der Waals surface area contributed by atoms with Gasteiger partial charge in [0, 0.05) is 45.9 Å². The molecule has 16 heavy (non-hydrogen) atoms. The fourth-order valence-electron chi connectivity index (χ4n) is 2.33. The molecular weight excluding hydrogens is 206 g/mol. The van der Waals surface area contributed by atoms with Crippen molar-refractivity contribution < 1.29 is 9.53 Å². The van der Waals surface area contributed by atoms with Crippen molar-refractivity contribution in [2.45, 2.75) is 24.9 Å². The highest BCUT2D eigenvalue weighted by Gasteiger charge is 2.28. The minimum atomic E-state index is -0.0541. The number of carbonyl (C=O) groups is 1. The van der Waals surface area contributed by atoms with Gasteiger partial charge in [0.1, 0.15) is 0 Å². The van der Waals surface area contributed by atoms with E-state index in [-0.39, 0.29) is 11.9 Å². The second-order valence-electron chi connectivity index (χ2n) is 4.50. The first-order valence-electron chi connectivity index (χ1n) is 6.07. The Balaban J connectivity index is 1.86. The van der Waals surface area contributed by atoms with Crippen LogP contribution in [0.2, 0.25) is 0 Å². The van der Waals surface area contributed by atoms with Crippen LogP contribution in [0.1, 0.15) is 12.8 Å². The monoisotopic (exact) mass is 227 g/mol. The Morgan fingerprint density at radius 3 is 2.69 bits per heavy atom. The van der Waals surface area contributed by atoms with E-state index in [4.69, 9.17) is 4.74 Å². The lowest BCUT2D eigenvalue weighted by atomic mass is 10.1. The molecule has 2 saturated heterocycles. The number of piperazine rings is 1. The van der Waals surface area contributed by atoms with Crippen LogP contribution in [0.3, 0.4) is 0 Å². The van der Waals surface area contributed by atoms with Gasteiger partial charge in [-0.25, -0.2) is 0 Å². The number of hydrogen-bond donors (Lipinski definition) is 2. The van der Waals surface area contributed by atoms with Crippen molar-refractivity contribution in [3.05, 3.63) is 0 Å². The fraction of sp³-hybridized carbons (Fsp3) is 0.909. The third-order valence-corrected chi connectivity index (χ3v) is 3.43. The SMILES string of the molecule is CN(C(=O)C1CNCCN1)C1CCOCC1. The molecule has 2 aliphatic rings. The summed E-state index contributed by atoms with van der Waals surface area (Å²) in [5.41, 5.74) is 0. The van der Waals surface area contributed by atoms with Gasteiger partial charge in [0.25, 0.3) is 0 Å². The average Bonchev–Trinajstić information content (AvgIpc) is 2.39. The van der Waals surface area contributed by atoms with Crippen LogP contribution in [0.25, 0.3) is 0 Å². The number of amides is 1. The predicted octanol–water partition coefficient (Wildman–Crippen LogP) is -0.815. The van der Waals surface area contributed by atoms with E-state index in [9.17, 15) is 4.79 Å². The number of likely N-dealkylation sites (N-methyl/N-ethyl adjacent to an activating group) is 1. The van der Waals surface area contributed by atoms with Crippen molar-refractivity contribution >= 4 is 5.91 Å². The molecule has 2 N–H and O–H groups in total. The number of rotatable bonds is 2. The van der Waals surface area contributed by atoms with Gasteiger partial charge in [0.15, 0.2) is 0 Å². The summed E-state index contributed by atoms with van der Waals surface area (Å²) in [5, 5.41) is 6.49. The standard InChI is InChI=1S/C11H21N3O2/c1-14(9-2-6-16-7-3-9)11(15)10-8-12-4-5-13-10/h9-10,12-13H,2-8H2,1H3. The minimum absolute atomic E-state index is 0.0541. The third-order valence-electron chi connectivity index (χ3n) is 3.43. The fourth-order valence-corrected chi connectivity index (χ4v) is 2.33. The van der Waals surface area contributed by atoms with E-state index in [2.05, 4.69) is 10.6 Å². The van der Waals surface area contributed by atoms with E-state index in [1.54, 1.807) is 0 Å². The van der Waals surface area contributed by atoms with Gasteiger partial charge in [-0.3, -0.25) is 4.79 Å². The maximum absolute atomic E-state index is 12.2. The Labute approximate surface area is 96.5 Å². The maximum Gasteiger partial charge on any atom is 0.241 e. The van der Waals surface area contributed by atoms with E-state index in [0.29, 0.717) is 6.04 Å². The lowest BCUT2D eigenvalue weighted by Gasteiger charge is -2.35. The number of carbonyl (C=O) groups excluding carboxylic acids is 1. The normalized spacial score (nSPS) is 27.7. The zero-order chi connectivity index (χ0) is 11.4. The quantitative estimate of drug-likeness (QED) is 0.647. The summed E-state index contributed by atoms with van der Waals surface area (Å²) in [6.45, 7) is 4.12. The summed E-state index contributed by atoms with van der Waals surface area (Å²) >= 11 is 0. The Kier molecular flexibility index (Phi) is 4.15. The van der Waals surface area contributed by atoms with Crippen LogP contribution in [0, 0.1) is 0 Å². The average molecular weight is 227 g/mol. The molecule has 1 amide bonds. The second-order valence-corrected chi connectivity index (χ2v) is 4.50. The lowest BCUT2D eigenvalue weighted by Crippen LogP contribution is -2.57. The summed E-state index contributed by atoms with van der Waals surface area (Å²) in [6.07, 6.45) is 1.92. The molecule has 0 bridgehead atoms. The van der Waals surface area contributed by atoms with Crippen LogP contribution >= 0.6 is 0 Å². The predicted molar refractivity (Wildman–Crippen MR) is 61.3 cm³/mol. The van der Waals surface area contributed by atoms with Crippen molar-refractivity contribution in [3.8, 4) is 0 Å². The molecule has 0 aromatic heterocycles. The van der Waals surface area contributed by atoms with Gasteiger partial charge in [-0.15, -0.1) is 0 Å². The molecule has 0 radical (unpaired) electrons. The van der Waals surface area contributed by atoms with Gasteiger partial charge in [-0.2, -0.15) is 0 Å². The van der Waals surface area contributed by atoms with Gasteiger partial charge in [-0.05, 0) is 12.8 Å². The van der Waals surface area contributed by atoms with Gasteiger partial charge in [0.2, 0.25) is 5.91 Å². The molecule has 0 aliphatic carbocycles. The molecule has 5 heteroatoms. The summed E-state index contributed by atoms with van der Waals surface area (Å²) in [6, 6.07) is 0.298. The van der Waals surface area contributed by atoms with E-state index in [1.807, 2.05) is 11.9 Å². The van der Waals surface area contributed by atoms with Crippen LogP contribution in [0.5, 0.6) is 0 Å². The molecule has 92 valence electrons. The van der Waals surface area contributed by atoms with Crippen LogP contribution in [0.4, 0.5) is 0 Å². The van der Waals surface area contributed by atoms with E-state index in [0.717, 1.165) is 45.7 Å². The van der Waals surface area contributed by atoms with E-state index < -0.39 is 0 Å². The van der Waals surface area contributed by atoms with Gasteiger partial charge in [-0.1, -0.05) is 0 Å². The Morgan fingerprint density at radius 2 is 2.06 bits per heavy atom. The first-order chi connectivity index (χ1) is 7.79. The first kappa shape index (κ1) is 11.8. The van der Waals surface area contributed by atoms with E-state index in [1.165, 1.54) is 0 Å². The molecule has 2 rings (SSSR count). The molecule has 1 unspecified atom stereocenters. The molecule has 0 spiro atoms. The number of nitrogens with zero attached hydrogens (tertiary/aromatic N) is 1. The second kappa shape index (κ2) is 5.61. The van der Waals surface area contributed by atoms with Crippen LogP contribution < -0.4 is 10.6 Å². The molecular formula is C11H21N3O2. The minimum Gasteiger partial charge on any atom is -0.381 e. The molecule has 2 heterocycles. The van der Waals surface area contributed by atoms with Crippen LogP contribution in [0.15, 0.2) is 0 Å². The zero-order valence-electron chi connectivity index (χ0n) is 9.87. The number of nitrogens with one attached hydrogen (secondary N) is 2. The van der Waals surface area contributed by atoms with Crippen molar-refractivity contribution in [3.63, 3.8) is 0 Å². The van der Waals surface area contributed by atoms with Crippen molar-refractivity contribution in [1.82, 2.24) is 15.5 Å². The molecule has 0 aromatic rings. The van der Waals surface area contributed by atoms with Gasteiger partial charge >= 0.3 is 0 Å². The summed E-state index contributed by atoms with van der Waals surface area (Å²) < 4.78 is 5.31. The highest BCUT2D eigenvalue weighted by atomic mass is 16.5. The summed E-state index contributed by atoms with van der Waals surface area (Å²) in [5.74, 6) is 0.208. The molecule has 2 fully saturated rings. The largest absolute Gasteiger partial charge is 0.381 e. The van der Waals surface area contributed by atoms with Crippen LogP contribution in [-0.2, 0) is 9.53 Å². The molecule has 1 atom stereocenters. The van der Waals surface area contributed by atoms with Gasteiger partial charge in [0.05, 0.1) is 6.04 Å². The molecule has 2 aliphatic heterocycles. The van der Waals surface area contributed by atoms with Gasteiger partial charge < -0.3 is 20.3 Å². The van der Waals surface area contributed by atoms with Crippen molar-refractivity contribution in [2.75, 3.05) is 39.9 Å². The molecule has 0 saturated carbocycles. The number of hydrogen-bond acceptors (Lipinski definition) is 4. The Hall–Kier alpha value is -0.650. The van der Waals surface area contributed by atoms with Crippen molar-refractivity contribution in [2.24, 2.45) is 0 Å². The maximum atomic E-state index is 12.2. The third kappa shape index (κ3) is 2.72. The summed E-state index contributed by atoms with van der Waals surface area (Å²) in [4.78, 5) is 14.1. The Bertz CT molecular complexity index is 235. The zero-order valence-corrected chi connectivity index (χ0v) is 9.87. The van der Waals surface area contributed by atoms with Crippen molar-refractivity contribution in [1.29, 1.82) is 0 Å². The highest BCUT2D eigenvalue weighted by Crippen LogP contribution is 2.13. The lowest BCUT2D eigenvalue weighted by molar-refractivity contribution is -0.136. The molecule has 0 aromatic carbocycles. The topological polar surface area (TPSA) is 53.6 Å². The van der Waals surface area contributed by atoms with E-state index >= 15 is 0 Å². The molecule has 5 nitrogen and oxygen atoms in total. The first-order valence-corrected chi connectivity index (χ1v) is 6.07.